The predicted molar refractivity (Wildman–Crippen MR) is 127 cm³/mol. The maximum atomic E-state index is 5.47. The highest BCUT2D eigenvalue weighted by Crippen LogP contribution is 2.33. The number of benzene rings is 1. The Bertz CT molecular complexity index is 878. The summed E-state index contributed by atoms with van der Waals surface area (Å²) in [4.78, 5) is 6.79. The summed E-state index contributed by atoms with van der Waals surface area (Å²) in [6.07, 6.45) is 1.89. The molecule has 0 saturated heterocycles. The molecule has 3 rings (SSSR count). The van der Waals surface area contributed by atoms with Crippen molar-refractivity contribution in [2.24, 2.45) is 12.0 Å². The van der Waals surface area contributed by atoms with E-state index in [2.05, 4.69) is 46.3 Å². The minimum absolute atomic E-state index is 0. The van der Waals surface area contributed by atoms with Gasteiger partial charge in [-0.1, -0.05) is 0 Å². The highest BCUT2D eigenvalue weighted by Gasteiger charge is 2.21. The third kappa shape index (κ3) is 4.96. The van der Waals surface area contributed by atoms with Gasteiger partial charge in [-0.2, -0.15) is 5.10 Å². The summed E-state index contributed by atoms with van der Waals surface area (Å²) in [5.41, 5.74) is 6.20. The molecule has 1 aliphatic heterocycles. The number of fused-ring (bicyclic) bond motifs is 1. The van der Waals surface area contributed by atoms with Gasteiger partial charge in [0, 0.05) is 39.4 Å². The molecule has 160 valence electrons. The number of ether oxygens (including phenoxy) is 2. The number of guanidine groups is 1. The van der Waals surface area contributed by atoms with E-state index >= 15 is 0 Å². The molecule has 2 aromatic rings. The third-order valence-electron chi connectivity index (χ3n) is 5.55. The number of nitrogens with zero attached hydrogens (tertiary/aromatic N) is 4. The van der Waals surface area contributed by atoms with Crippen LogP contribution in [0, 0.1) is 13.8 Å². The van der Waals surface area contributed by atoms with E-state index in [-0.39, 0.29) is 24.0 Å². The van der Waals surface area contributed by atoms with Crippen molar-refractivity contribution in [1.29, 1.82) is 0 Å². The standard InChI is InChI=1S/C21H31N5O2.HI/c1-14-18(15(2)25(4)24-14)7-9-23-21(22-3)26-10-8-16-11-19(27-5)20(28-6)12-17(16)13-26;/h11-12H,7-10,13H2,1-6H3,(H,22,23);1H. The van der Waals surface area contributed by atoms with Crippen molar-refractivity contribution >= 4 is 29.9 Å². The van der Waals surface area contributed by atoms with Crippen LogP contribution in [0.4, 0.5) is 0 Å². The van der Waals surface area contributed by atoms with Crippen LogP contribution in [0.2, 0.25) is 0 Å². The first kappa shape index (κ1) is 23.3. The summed E-state index contributed by atoms with van der Waals surface area (Å²) in [5, 5.41) is 8.02. The molecule has 0 radical (unpaired) electrons. The Morgan fingerprint density at radius 1 is 1.17 bits per heavy atom. The summed E-state index contributed by atoms with van der Waals surface area (Å²) in [5.74, 6) is 2.49. The first-order valence-corrected chi connectivity index (χ1v) is 9.66. The largest absolute Gasteiger partial charge is 0.493 e. The highest BCUT2D eigenvalue weighted by molar-refractivity contribution is 14.0. The molecule has 1 N–H and O–H groups in total. The van der Waals surface area contributed by atoms with E-state index in [0.717, 1.165) is 55.6 Å². The highest BCUT2D eigenvalue weighted by atomic mass is 127. The lowest BCUT2D eigenvalue weighted by molar-refractivity contribution is 0.346. The second-order valence-electron chi connectivity index (χ2n) is 7.14. The summed E-state index contributed by atoms with van der Waals surface area (Å²) in [7, 11) is 7.18. The predicted octanol–water partition coefficient (Wildman–Crippen LogP) is 2.85. The van der Waals surface area contributed by atoms with Crippen molar-refractivity contribution in [3.8, 4) is 11.5 Å². The lowest BCUT2D eigenvalue weighted by atomic mass is 9.99. The van der Waals surface area contributed by atoms with Crippen LogP contribution >= 0.6 is 24.0 Å². The molecule has 2 heterocycles. The Morgan fingerprint density at radius 2 is 1.83 bits per heavy atom. The zero-order valence-electron chi connectivity index (χ0n) is 18.2. The molecule has 0 unspecified atom stereocenters. The number of aromatic nitrogens is 2. The molecule has 1 aliphatic rings. The molecule has 0 bridgehead atoms. The summed E-state index contributed by atoms with van der Waals surface area (Å²) in [6, 6.07) is 4.17. The molecule has 0 saturated carbocycles. The van der Waals surface area contributed by atoms with Crippen LogP contribution in [-0.4, -0.2) is 55.0 Å². The lowest BCUT2D eigenvalue weighted by Crippen LogP contribution is -2.44. The molecule has 0 amide bonds. The number of hydrogen-bond donors (Lipinski definition) is 1. The fourth-order valence-corrected chi connectivity index (χ4v) is 3.87. The van der Waals surface area contributed by atoms with Crippen LogP contribution in [-0.2, 0) is 26.4 Å². The zero-order chi connectivity index (χ0) is 20.3. The molecule has 0 aliphatic carbocycles. The fraction of sp³-hybridized carbons (Fsp3) is 0.524. The van der Waals surface area contributed by atoms with Gasteiger partial charge in [0.25, 0.3) is 0 Å². The van der Waals surface area contributed by atoms with Crippen molar-refractivity contribution in [1.82, 2.24) is 20.0 Å². The summed E-state index contributed by atoms with van der Waals surface area (Å²) >= 11 is 0. The minimum Gasteiger partial charge on any atom is -0.493 e. The van der Waals surface area contributed by atoms with Gasteiger partial charge in [-0.05, 0) is 55.5 Å². The van der Waals surface area contributed by atoms with Crippen LogP contribution in [0.15, 0.2) is 17.1 Å². The maximum absolute atomic E-state index is 5.47. The van der Waals surface area contributed by atoms with Gasteiger partial charge in [0.1, 0.15) is 0 Å². The first-order valence-electron chi connectivity index (χ1n) is 9.66. The number of methoxy groups -OCH3 is 2. The van der Waals surface area contributed by atoms with Crippen molar-refractivity contribution in [2.45, 2.75) is 33.2 Å². The molecule has 8 heteroatoms. The van der Waals surface area contributed by atoms with Crippen molar-refractivity contribution in [2.75, 3.05) is 34.4 Å². The van der Waals surface area contributed by atoms with E-state index in [9.17, 15) is 0 Å². The fourth-order valence-electron chi connectivity index (χ4n) is 3.87. The van der Waals surface area contributed by atoms with Gasteiger partial charge in [0.15, 0.2) is 17.5 Å². The Labute approximate surface area is 190 Å². The molecular formula is C21H32IN5O2. The summed E-state index contributed by atoms with van der Waals surface area (Å²) in [6.45, 7) is 6.75. The minimum atomic E-state index is 0. The molecule has 1 aromatic heterocycles. The first-order chi connectivity index (χ1) is 13.5. The Balaban J connectivity index is 0.00000300. The van der Waals surface area contributed by atoms with Gasteiger partial charge in [0.2, 0.25) is 0 Å². The Morgan fingerprint density at radius 3 is 2.38 bits per heavy atom. The molecule has 1 aromatic carbocycles. The monoisotopic (exact) mass is 513 g/mol. The van der Waals surface area contributed by atoms with Crippen LogP contribution in [0.5, 0.6) is 11.5 Å². The van der Waals surface area contributed by atoms with Gasteiger partial charge in [-0.25, -0.2) is 0 Å². The quantitative estimate of drug-likeness (QED) is 0.379. The van der Waals surface area contributed by atoms with Crippen LogP contribution in [0.25, 0.3) is 0 Å². The molecule has 0 fully saturated rings. The van der Waals surface area contributed by atoms with E-state index in [1.54, 1.807) is 14.2 Å². The Kier molecular flexibility index (Phi) is 8.18. The average Bonchev–Trinajstić information content (AvgIpc) is 2.95. The molecule has 0 atom stereocenters. The second-order valence-corrected chi connectivity index (χ2v) is 7.14. The maximum Gasteiger partial charge on any atom is 0.193 e. The molecule has 29 heavy (non-hydrogen) atoms. The molecule has 7 nitrogen and oxygen atoms in total. The van der Waals surface area contributed by atoms with Crippen LogP contribution < -0.4 is 14.8 Å². The third-order valence-corrected chi connectivity index (χ3v) is 5.55. The van der Waals surface area contributed by atoms with Gasteiger partial charge in [0.05, 0.1) is 19.9 Å². The summed E-state index contributed by atoms with van der Waals surface area (Å²) < 4.78 is 12.8. The Hall–Kier alpha value is -1.97. The number of aliphatic imine (C=N–C) groups is 1. The van der Waals surface area contributed by atoms with E-state index in [4.69, 9.17) is 9.47 Å². The van der Waals surface area contributed by atoms with Crippen molar-refractivity contribution in [3.05, 3.63) is 40.2 Å². The smallest absolute Gasteiger partial charge is 0.193 e. The van der Waals surface area contributed by atoms with Crippen molar-refractivity contribution < 1.29 is 9.47 Å². The van der Waals surface area contributed by atoms with Crippen LogP contribution in [0.1, 0.15) is 28.1 Å². The average molecular weight is 513 g/mol. The van der Waals surface area contributed by atoms with Crippen molar-refractivity contribution in [3.63, 3.8) is 0 Å². The van der Waals surface area contributed by atoms with Gasteiger partial charge in [-0.15, -0.1) is 24.0 Å². The zero-order valence-corrected chi connectivity index (χ0v) is 20.5. The normalized spacial score (nSPS) is 13.6. The topological polar surface area (TPSA) is 63.9 Å². The van der Waals surface area contributed by atoms with E-state index in [1.807, 2.05) is 18.8 Å². The second kappa shape index (κ2) is 10.2. The SMILES string of the molecule is CN=C(NCCc1c(C)nn(C)c1C)N1CCc2cc(OC)c(OC)cc2C1.I. The van der Waals surface area contributed by atoms with E-state index in [0.29, 0.717) is 0 Å². The number of nitrogens with one attached hydrogen (secondary N) is 1. The number of aryl methyl sites for hydroxylation is 2. The number of halogens is 1. The van der Waals surface area contributed by atoms with E-state index < -0.39 is 0 Å². The molecular weight excluding hydrogens is 481 g/mol. The lowest BCUT2D eigenvalue weighted by Gasteiger charge is -2.32. The van der Waals surface area contributed by atoms with E-state index in [1.165, 1.54) is 22.4 Å². The molecule has 0 spiro atoms. The van der Waals surface area contributed by atoms with Gasteiger partial charge >= 0.3 is 0 Å². The van der Waals surface area contributed by atoms with Gasteiger partial charge in [-0.3, -0.25) is 9.67 Å². The van der Waals surface area contributed by atoms with Gasteiger partial charge < -0.3 is 19.7 Å². The number of hydrogen-bond acceptors (Lipinski definition) is 4. The van der Waals surface area contributed by atoms with Crippen LogP contribution in [0.3, 0.4) is 0 Å². The number of rotatable bonds is 5.